The number of esters is 1. The molecule has 4 aromatic rings. The van der Waals surface area contributed by atoms with E-state index >= 15 is 14.4 Å². The van der Waals surface area contributed by atoms with Crippen LogP contribution in [0.1, 0.15) is 227 Å². The first kappa shape index (κ1) is 120. The maximum absolute atomic E-state index is 15.3. The molecule has 8 N–H and O–H groups in total. The number of carbonyl (C=O) groups excluding carboxylic acids is 11. The van der Waals surface area contributed by atoms with Gasteiger partial charge in [0.25, 0.3) is 0 Å². The molecule has 7 rings (SSSR count). The third-order valence-electron chi connectivity index (χ3n) is 29.1. The lowest BCUT2D eigenvalue weighted by Gasteiger charge is -2.41. The van der Waals surface area contributed by atoms with Gasteiger partial charge in [-0.15, -0.1) is 6.42 Å². The number of ketones is 2. The first-order valence-electron chi connectivity index (χ1n) is 50.2. The van der Waals surface area contributed by atoms with Crippen molar-refractivity contribution in [2.75, 3.05) is 76.3 Å². The highest BCUT2D eigenvalue weighted by molar-refractivity contribution is 5.93. The normalized spacial score (nSPS) is 21.0. The summed E-state index contributed by atoms with van der Waals surface area (Å²) in [6, 6.07) is 18.5. The van der Waals surface area contributed by atoms with E-state index in [-0.39, 0.29) is 83.2 Å². The Morgan fingerprint density at radius 3 is 1.34 bits per heavy atom. The van der Waals surface area contributed by atoms with Crippen LogP contribution in [0.4, 0.5) is 15.3 Å². The number of amides is 8. The van der Waals surface area contributed by atoms with E-state index in [4.69, 9.17) is 49.1 Å². The van der Waals surface area contributed by atoms with Crippen LogP contribution < -0.4 is 15.4 Å². The van der Waals surface area contributed by atoms with Crippen molar-refractivity contribution in [3.05, 3.63) is 141 Å². The molecule has 3 aliphatic rings. The first-order valence-corrected chi connectivity index (χ1v) is 50.2. The van der Waals surface area contributed by atoms with Gasteiger partial charge in [0.2, 0.25) is 41.7 Å². The Morgan fingerprint density at radius 1 is 0.528 bits per heavy atom. The van der Waals surface area contributed by atoms with Crippen LogP contribution in [0.15, 0.2) is 97.1 Å². The lowest BCUT2D eigenvalue weighted by atomic mass is 9.85. The zero-order chi connectivity index (χ0) is 107. The van der Waals surface area contributed by atoms with Gasteiger partial charge >= 0.3 is 23.8 Å². The summed E-state index contributed by atoms with van der Waals surface area (Å²) in [5.74, 6) is -7.47. The second-order valence-electron chi connectivity index (χ2n) is 40.5. The minimum absolute atomic E-state index is 0.0721. The number of methoxy groups -OCH3 is 4. The van der Waals surface area contributed by atoms with Crippen molar-refractivity contribution < 1.29 is 131 Å². The van der Waals surface area contributed by atoms with Gasteiger partial charge in [0, 0.05) is 106 Å². The van der Waals surface area contributed by atoms with Crippen LogP contribution in [0.2, 0.25) is 0 Å². The number of likely N-dealkylation sites (N-methyl/N-ethyl adjacent to an activating group) is 4. The van der Waals surface area contributed by atoms with Crippen LogP contribution in [0.3, 0.4) is 0 Å². The van der Waals surface area contributed by atoms with E-state index in [2.05, 4.69) is 16.6 Å². The van der Waals surface area contributed by atoms with Gasteiger partial charge in [-0.1, -0.05) is 208 Å². The van der Waals surface area contributed by atoms with E-state index in [1.165, 1.54) is 76.6 Å². The Balaban J connectivity index is 1.10. The Labute approximate surface area is 848 Å². The molecule has 0 saturated carbocycles. The van der Waals surface area contributed by atoms with Crippen molar-refractivity contribution >= 4 is 70.9 Å². The highest BCUT2D eigenvalue weighted by Gasteiger charge is 2.50. The summed E-state index contributed by atoms with van der Waals surface area (Å²) >= 11 is 0. The number of ether oxygens (including phenoxy) is 9. The van der Waals surface area contributed by atoms with Gasteiger partial charge in [0.15, 0.2) is 11.9 Å². The number of Topliss-reactive ketones (excluding diaryl/α,β-unsaturated/α-hetero) is 2. The topological polar surface area (TPSA) is 479 Å². The van der Waals surface area contributed by atoms with Gasteiger partial charge in [-0.3, -0.25) is 63.1 Å². The van der Waals surface area contributed by atoms with Crippen LogP contribution in [-0.2, 0) is 101 Å². The largest absolute Gasteiger partial charge is 0.455 e. The second-order valence-corrected chi connectivity index (χ2v) is 40.5. The number of carbonyl (C=O) groups is 11. The standard InChI is InChI=1S/C107H159N9O28/c1-26-63(12)92(82(136-22)54-85(120)114-47-35-41-75(114)99(138-24)67(16)78(118)49-65(14)94(123)70-37-31-29-32-38-70)110(18)103(130)88(59(4)5)108-101(128)90(61(8)9)112(20)106(132)140-57-69-43-44-72(53-87(122)142-80(28-3)73-45-46-81(77(52-73)116(134)135)143-105-98(127)97(126)96(125)84(56-117)144-105)74(51-69)58-141-107(133)113(21)91(62(10)11)102(129)109-89(60(6)7)104(131)111(19)93(64(13)27-2)83(137-23)55-86(121)115-48-36-42-76(115)100(139-25)68(17)79(119)50-66(15)95(124)71-39-33-30-34-40-71/h3,29-34,37-40,43-46,51-52,59-68,75-76,80,82-84,88-100,105,117,123-127H,26-27,35-36,41-42,47-50,53-58H2,1-2,4-25H3,(H,108,128)(H,109,129)/t63-,64-,65-,66-,67+,68-,75?,76?,80?,82+,83+,84?,88-,89-,90-,91-,92-,93?,94+,95+,96?,97?,98?,99+,100+,105?/m1/s1. The summed E-state index contributed by atoms with van der Waals surface area (Å²) in [5, 5.41) is 82.0. The molecule has 0 spiro atoms. The third-order valence-corrected chi connectivity index (χ3v) is 29.1. The molecule has 0 aliphatic carbocycles. The molecule has 0 bridgehead atoms. The molecule has 0 radical (unpaired) electrons. The Kier molecular flexibility index (Phi) is 47.1. The number of aliphatic hydroxyl groups excluding tert-OH is 6. The van der Waals surface area contributed by atoms with Crippen LogP contribution in [-0.4, -0.2) is 310 Å². The van der Waals surface area contributed by atoms with Gasteiger partial charge < -0.3 is 104 Å². The zero-order valence-electron chi connectivity index (χ0n) is 88.2. The predicted molar refractivity (Wildman–Crippen MR) is 535 cm³/mol. The molecule has 8 amide bonds. The SMILES string of the molecule is C#CC(OC(=O)Cc1ccc(COC(=O)N(C)[C@@H](C(=O)N[C@@H](C(=O)N(C)[C@H]([C@H](C)CC)[C@H](CC(=O)N2CCCC2[C@@H](OC)[C@@H](C)C(=O)C[C@@H](C)[C@H](O)c2ccccc2)OC)C(C)C)C(C)C)cc1COC(=O)N(C)[C@@H](C(=O)N[C@@H](C(=O)N(C)C([C@H](C)CC)[C@H](CC(=O)N1CCCC1[C@@H](OC)[C@H](C)C(=O)C[C@@H](C)[C@H](O)c1ccccc1)OC)C(C)C)C(C)C)c1ccc(OC2OC(CO)C(O)C(O)C2O)c([N+](=O)[O-])c1. The molecule has 800 valence electrons. The van der Waals surface area contributed by atoms with Crippen LogP contribution in [0.25, 0.3) is 0 Å². The van der Waals surface area contributed by atoms with E-state index in [1.54, 1.807) is 93.1 Å². The Hall–Kier alpha value is -10.6. The Morgan fingerprint density at radius 2 is 0.958 bits per heavy atom. The quantitative estimate of drug-likeness (QED) is 0.00669. The van der Waals surface area contributed by atoms with Gasteiger partial charge in [0.1, 0.15) is 73.4 Å². The predicted octanol–water partition coefficient (Wildman–Crippen LogP) is 10.2. The number of rotatable bonds is 54. The molecule has 3 saturated heterocycles. The third kappa shape index (κ3) is 30.8. The lowest BCUT2D eigenvalue weighted by Crippen LogP contribution is -2.60. The number of terminal acetylenes is 1. The van der Waals surface area contributed by atoms with Gasteiger partial charge in [-0.2, -0.15) is 0 Å². The molecule has 9 unspecified atom stereocenters. The maximum Gasteiger partial charge on any atom is 0.410 e. The zero-order valence-corrected chi connectivity index (χ0v) is 88.2. The number of aliphatic hydroxyl groups is 6. The van der Waals surface area contributed by atoms with Crippen LogP contribution in [0.5, 0.6) is 5.75 Å². The van der Waals surface area contributed by atoms with E-state index in [0.29, 0.717) is 62.7 Å². The highest BCUT2D eigenvalue weighted by Crippen LogP contribution is 2.39. The fourth-order valence-electron chi connectivity index (χ4n) is 20.2. The molecule has 0 aromatic heterocycles. The lowest BCUT2D eigenvalue weighted by molar-refractivity contribution is -0.387. The molecule has 26 atom stereocenters. The number of nitro groups is 1. The average Bonchev–Trinajstić information content (AvgIpc) is 1.72. The fraction of sp³-hybridized carbons (Fsp3) is 0.654. The number of nitro benzene ring substituents is 1. The monoisotopic (exact) mass is 2020 g/mol. The molecule has 37 nitrogen and oxygen atoms in total. The van der Waals surface area contributed by atoms with Crippen molar-refractivity contribution in [2.45, 2.75) is 316 Å². The number of hydrogen-bond donors (Lipinski definition) is 8. The first-order chi connectivity index (χ1) is 68.0. The molecule has 144 heavy (non-hydrogen) atoms. The summed E-state index contributed by atoms with van der Waals surface area (Å²) in [6.07, 6.45) is -8.70. The fourth-order valence-corrected chi connectivity index (χ4v) is 20.2. The van der Waals surface area contributed by atoms with E-state index in [1.807, 2.05) is 102 Å². The van der Waals surface area contributed by atoms with Gasteiger partial charge in [-0.25, -0.2) is 9.59 Å². The molecule has 37 heteroatoms. The number of hydrogen-bond acceptors (Lipinski definition) is 28. The number of nitrogens with one attached hydrogen (secondary N) is 2. The number of nitrogens with zero attached hydrogens (tertiary/aromatic N) is 7. The van der Waals surface area contributed by atoms with Crippen LogP contribution in [0, 0.1) is 81.6 Å². The van der Waals surface area contributed by atoms with Crippen molar-refractivity contribution in [1.29, 1.82) is 0 Å². The summed E-state index contributed by atoms with van der Waals surface area (Å²) in [6.45, 7) is 27.5. The van der Waals surface area contributed by atoms with Crippen molar-refractivity contribution in [3.8, 4) is 18.1 Å². The maximum atomic E-state index is 15.3. The molecule has 3 fully saturated rings. The van der Waals surface area contributed by atoms with E-state index < -0.39 is 253 Å². The summed E-state index contributed by atoms with van der Waals surface area (Å²) in [5.41, 5.74) is 0.997. The molecule has 3 heterocycles. The minimum atomic E-state index is -1.94. The highest BCUT2D eigenvalue weighted by atomic mass is 16.7. The number of likely N-dealkylation sites (tertiary alicyclic amines) is 2. The van der Waals surface area contributed by atoms with Gasteiger partial charge in [-0.05, 0) is 113 Å². The van der Waals surface area contributed by atoms with Crippen molar-refractivity contribution in [2.24, 2.45) is 59.2 Å². The molecule has 3 aliphatic heterocycles. The summed E-state index contributed by atoms with van der Waals surface area (Å²) in [4.78, 5) is 182. The van der Waals surface area contributed by atoms with Crippen LogP contribution >= 0.6 is 0 Å². The average molecular weight is 2020 g/mol. The summed E-state index contributed by atoms with van der Waals surface area (Å²) in [7, 11) is 11.8. The van der Waals surface area contributed by atoms with Gasteiger partial charge in [0.05, 0.1) is 91.6 Å². The molecule has 4 aromatic carbocycles. The van der Waals surface area contributed by atoms with E-state index in [9.17, 15) is 79.1 Å². The molecular weight excluding hydrogens is 1860 g/mol. The second kappa shape index (κ2) is 56.3. The number of benzene rings is 4. The molecular formula is C107H159N9O28. The smallest absolute Gasteiger partial charge is 0.410 e. The van der Waals surface area contributed by atoms with Crippen molar-refractivity contribution in [1.82, 2.24) is 40.0 Å². The van der Waals surface area contributed by atoms with E-state index in [0.717, 1.165) is 21.9 Å². The van der Waals surface area contributed by atoms with Crippen molar-refractivity contribution in [3.63, 3.8) is 0 Å². The Bertz CT molecular complexity index is 4920. The minimum Gasteiger partial charge on any atom is -0.455 e. The summed E-state index contributed by atoms with van der Waals surface area (Å²) < 4.78 is 53.2.